The molecule has 0 aliphatic rings. The summed E-state index contributed by atoms with van der Waals surface area (Å²) in [6, 6.07) is 0. The van der Waals surface area contributed by atoms with E-state index in [1.54, 1.807) is 0 Å². The molecule has 0 atom stereocenters. The molecule has 0 spiro atoms. The predicted molar refractivity (Wildman–Crippen MR) is 211 cm³/mol. The highest BCUT2D eigenvalue weighted by Gasteiger charge is 2.48. The van der Waals surface area contributed by atoms with Crippen LogP contribution in [0, 0.1) is 0 Å². The fourth-order valence-corrected chi connectivity index (χ4v) is 8.45. The molecule has 0 rings (SSSR count). The molecule has 0 aromatic rings. The number of hydrogen-bond donors (Lipinski definition) is 0. The topological polar surface area (TPSA) is 165 Å². The van der Waals surface area contributed by atoms with E-state index in [4.69, 9.17) is 0 Å². The summed E-state index contributed by atoms with van der Waals surface area (Å²) in [5.74, 6) is 0. The third-order valence-electron chi connectivity index (χ3n) is 8.66. The smallest absolute Gasteiger partial charge is 0.421 e. The van der Waals surface area contributed by atoms with Crippen molar-refractivity contribution in [3.05, 3.63) is 8.25 Å². The van der Waals surface area contributed by atoms with Crippen LogP contribution >= 0.6 is 0 Å². The molecule has 0 unspecified atom stereocenters. The minimum absolute atomic E-state index is 0.778. The first kappa shape index (κ1) is 66.4. The quantitative estimate of drug-likeness (QED) is 0.0644. The molecule has 0 saturated heterocycles. The summed E-state index contributed by atoms with van der Waals surface area (Å²) >= 11 is 0. The molecule has 28 heteroatoms. The second-order valence-corrected chi connectivity index (χ2v) is 21.2. The van der Waals surface area contributed by atoms with Gasteiger partial charge in [-0.15, -0.1) is 0 Å². The third-order valence-corrected chi connectivity index (χ3v) is 14.1. The molecule has 0 aromatic heterocycles. The van der Waals surface area contributed by atoms with Crippen molar-refractivity contribution >= 4 is 40.1 Å². The normalized spacial score (nSPS) is 13.6. The SMILES string of the molecule is CCCC[N+](C)(CCCC)CCCC.CCCC[N+](CCCC)(CCCC)CCCC.O=S(=O)([N-]S(=O)(=O)C(F)(F)F)C(F)(F)F.O=S(=O)([N-]S(=O)(=O)C(F)(F)F)C(F)(F)F. The van der Waals surface area contributed by atoms with E-state index in [0.29, 0.717) is 0 Å². The van der Waals surface area contributed by atoms with Crippen LogP contribution < -0.4 is 0 Å². The number of unbranched alkanes of at least 4 members (excludes halogenated alkanes) is 7. The first-order valence-corrected chi connectivity index (χ1v) is 25.5. The summed E-state index contributed by atoms with van der Waals surface area (Å²) in [4.78, 5) is 0. The van der Waals surface area contributed by atoms with Crippen LogP contribution in [-0.4, -0.2) is 118 Å². The molecule has 0 fully saturated rings. The summed E-state index contributed by atoms with van der Waals surface area (Å²) in [6.45, 7) is 26.1. The third kappa shape index (κ3) is 28.4. The van der Waals surface area contributed by atoms with E-state index >= 15 is 0 Å². The van der Waals surface area contributed by atoms with Gasteiger partial charge in [-0.25, -0.2) is 33.7 Å². The Balaban J connectivity index is -0.000000356. The number of halogens is 12. The van der Waals surface area contributed by atoms with Gasteiger partial charge in [-0.2, -0.15) is 52.7 Å². The zero-order valence-corrected chi connectivity index (χ0v) is 39.3. The Labute approximate surface area is 356 Å². The van der Waals surface area contributed by atoms with Gasteiger partial charge >= 0.3 is 22.0 Å². The largest absolute Gasteiger partial charge is 0.480 e. The van der Waals surface area contributed by atoms with Gasteiger partial charge in [-0.05, 0) is 44.9 Å². The molecule has 61 heavy (non-hydrogen) atoms. The molecule has 0 N–H and O–H groups in total. The monoisotopic (exact) mass is 1000 g/mol. The molecule has 12 nitrogen and oxygen atoms in total. The van der Waals surface area contributed by atoms with Crippen LogP contribution in [0.15, 0.2) is 0 Å². The Kier molecular flexibility index (Phi) is 32.0. The van der Waals surface area contributed by atoms with Gasteiger partial charge < -0.3 is 17.2 Å². The zero-order chi connectivity index (χ0) is 49.3. The van der Waals surface area contributed by atoms with E-state index in [0.717, 1.165) is 8.25 Å². The average molecular weight is 1000 g/mol. The van der Waals surface area contributed by atoms with Crippen molar-refractivity contribution in [2.45, 2.75) is 160 Å². The average Bonchev–Trinajstić information content (AvgIpc) is 3.10. The van der Waals surface area contributed by atoms with Crippen LogP contribution in [-0.2, 0) is 40.1 Å². The van der Waals surface area contributed by atoms with Gasteiger partial charge in [0, 0.05) is 0 Å². The predicted octanol–water partition coefficient (Wildman–Crippen LogP) is 11.0. The van der Waals surface area contributed by atoms with Crippen molar-refractivity contribution in [3.63, 3.8) is 0 Å². The second kappa shape index (κ2) is 29.4. The van der Waals surface area contributed by atoms with Gasteiger partial charge in [0.25, 0.3) is 0 Å². The van der Waals surface area contributed by atoms with E-state index in [1.807, 2.05) is 0 Å². The Morgan fingerprint density at radius 2 is 0.475 bits per heavy atom. The lowest BCUT2D eigenvalue weighted by Gasteiger charge is -2.39. The molecule has 0 aromatic carbocycles. The van der Waals surface area contributed by atoms with E-state index in [1.165, 1.54) is 145 Å². The lowest BCUT2D eigenvalue weighted by Crippen LogP contribution is -2.50. The first-order chi connectivity index (χ1) is 27.3. The van der Waals surface area contributed by atoms with Crippen molar-refractivity contribution in [2.75, 3.05) is 52.9 Å². The Bertz CT molecular complexity index is 1380. The maximum atomic E-state index is 11.4. The van der Waals surface area contributed by atoms with Gasteiger partial charge in [0.05, 0.1) is 52.9 Å². The van der Waals surface area contributed by atoms with E-state index < -0.39 is 62.1 Å². The number of nitrogens with zero attached hydrogens (tertiary/aromatic N) is 4. The van der Waals surface area contributed by atoms with Crippen LogP contribution in [0.25, 0.3) is 8.25 Å². The molecule has 0 radical (unpaired) electrons. The fourth-order valence-electron chi connectivity index (χ4n) is 5.03. The lowest BCUT2D eigenvalue weighted by molar-refractivity contribution is -0.929. The van der Waals surface area contributed by atoms with Crippen molar-refractivity contribution < 1.29 is 95.3 Å². The minimum atomic E-state index is -6.72. The maximum Gasteiger partial charge on any atom is 0.480 e. The number of sulfonamides is 4. The van der Waals surface area contributed by atoms with Crippen molar-refractivity contribution in [1.82, 2.24) is 0 Å². The molecule has 0 aliphatic heterocycles. The highest BCUT2D eigenvalue weighted by molar-refractivity contribution is 8.13. The van der Waals surface area contributed by atoms with Crippen molar-refractivity contribution in [2.24, 2.45) is 0 Å². The van der Waals surface area contributed by atoms with Crippen LogP contribution in [0.1, 0.15) is 138 Å². The van der Waals surface area contributed by atoms with E-state index in [2.05, 4.69) is 55.5 Å². The lowest BCUT2D eigenvalue weighted by atomic mass is 10.1. The Morgan fingerprint density at radius 3 is 0.607 bits per heavy atom. The first-order valence-electron chi connectivity index (χ1n) is 19.8. The number of hydrogen-bond acceptors (Lipinski definition) is 8. The van der Waals surface area contributed by atoms with E-state index in [9.17, 15) is 86.4 Å². The maximum absolute atomic E-state index is 11.4. The van der Waals surface area contributed by atoms with Crippen LogP contribution in [0.5, 0.6) is 0 Å². The van der Waals surface area contributed by atoms with Crippen LogP contribution in [0.2, 0.25) is 0 Å². The Hall–Kier alpha value is -1.20. The molecule has 0 heterocycles. The summed E-state index contributed by atoms with van der Waals surface area (Å²) in [7, 11) is -24.4. The molecule has 0 saturated carbocycles. The summed E-state index contributed by atoms with van der Waals surface area (Å²) in [6.07, 6.45) is 19.3. The standard InChI is InChI=1S/C16H36N.C13H30N.2C2F6NO4S2/c1-5-9-13-17(14-10-6-2,15-11-7-3)16-12-8-4;1-5-8-11-14(4,12-9-6-2)13-10-7-3;2*3-1(4,5)14(10,11)9-15(12,13)2(6,7)8/h5-16H2,1-4H3;5-13H2,1-4H3;;/q2*+1;2*-1. The van der Waals surface area contributed by atoms with Gasteiger partial charge in [0.2, 0.25) is 0 Å². The van der Waals surface area contributed by atoms with Gasteiger partial charge in [-0.3, -0.25) is 0 Å². The molecule has 374 valence electrons. The minimum Gasteiger partial charge on any atom is -0.421 e. The molecular formula is C33H66F12N4O8S4. The number of quaternary nitrogens is 2. The highest BCUT2D eigenvalue weighted by Crippen LogP contribution is 2.37. The van der Waals surface area contributed by atoms with E-state index in [-0.39, 0.29) is 0 Å². The number of alkyl halides is 12. The van der Waals surface area contributed by atoms with Gasteiger partial charge in [-0.1, -0.05) is 93.4 Å². The zero-order valence-electron chi connectivity index (χ0n) is 36.1. The number of rotatable bonds is 25. The van der Waals surface area contributed by atoms with Crippen LogP contribution in [0.3, 0.4) is 0 Å². The molecular weight excluding hydrogens is 937 g/mol. The summed E-state index contributed by atoms with van der Waals surface area (Å²) in [5, 5.41) is 0. The fraction of sp³-hybridized carbons (Fsp3) is 1.00. The molecule has 0 bridgehead atoms. The van der Waals surface area contributed by atoms with Crippen molar-refractivity contribution in [1.29, 1.82) is 0 Å². The van der Waals surface area contributed by atoms with Crippen LogP contribution in [0.4, 0.5) is 52.7 Å². The summed E-state index contributed by atoms with van der Waals surface area (Å²) < 4.78 is 221. The van der Waals surface area contributed by atoms with Gasteiger partial charge in [0.1, 0.15) is 0 Å². The summed E-state index contributed by atoms with van der Waals surface area (Å²) in [5.41, 5.74) is -24.8. The molecule has 0 amide bonds. The second-order valence-electron chi connectivity index (χ2n) is 14.3. The van der Waals surface area contributed by atoms with Crippen molar-refractivity contribution in [3.8, 4) is 0 Å². The van der Waals surface area contributed by atoms with Gasteiger partial charge in [0.15, 0.2) is 40.1 Å². The molecule has 0 aliphatic carbocycles. The Morgan fingerprint density at radius 1 is 0.328 bits per heavy atom. The highest BCUT2D eigenvalue weighted by atomic mass is 32.3.